The Balaban J connectivity index is 1.70. The molecule has 0 aliphatic carbocycles. The Kier molecular flexibility index (Phi) is 7.31. The lowest BCUT2D eigenvalue weighted by molar-refractivity contribution is -0.129. The first kappa shape index (κ1) is 25.0. The average Bonchev–Trinajstić information content (AvgIpc) is 2.85. The number of Topliss-reactive ketones (excluding diaryl/α,β-unsaturated/α-hetero) is 1. The fraction of sp³-hybridized carbons (Fsp3) is 0.481. The minimum atomic E-state index is -1.06. The number of piperidine rings is 1. The monoisotopic (exact) mass is 479 g/mol. The molecule has 8 heteroatoms. The molecule has 0 radical (unpaired) electrons. The van der Waals surface area contributed by atoms with Crippen molar-refractivity contribution in [1.29, 1.82) is 0 Å². The van der Waals surface area contributed by atoms with Crippen molar-refractivity contribution in [3.05, 3.63) is 42.6 Å². The topological polar surface area (TPSA) is 80.2 Å². The normalized spacial score (nSPS) is 21.6. The molecule has 3 atom stereocenters. The predicted molar refractivity (Wildman–Crippen MR) is 137 cm³/mol. The van der Waals surface area contributed by atoms with Gasteiger partial charge >= 0.3 is 0 Å². The summed E-state index contributed by atoms with van der Waals surface area (Å²) < 4.78 is 20.2. The average molecular weight is 480 g/mol. The maximum Gasteiger partial charge on any atom is 0.149 e. The molecule has 4 rings (SSSR count). The number of nitrogens with zero attached hydrogens (tertiary/aromatic N) is 4. The van der Waals surface area contributed by atoms with Crippen molar-refractivity contribution >= 4 is 22.4 Å². The Labute approximate surface area is 206 Å². The molecule has 0 bridgehead atoms. The molecule has 0 saturated carbocycles. The van der Waals surface area contributed by atoms with Crippen LogP contribution in [0.25, 0.3) is 22.0 Å². The summed E-state index contributed by atoms with van der Waals surface area (Å²) in [5, 5.41) is 4.37. The number of carbonyl (C=O) groups excluding carboxylic acids is 1. The van der Waals surface area contributed by atoms with Gasteiger partial charge in [-0.1, -0.05) is 6.92 Å². The Morgan fingerprint density at radius 1 is 1.29 bits per heavy atom. The van der Waals surface area contributed by atoms with Crippen LogP contribution in [0.5, 0.6) is 5.75 Å². The summed E-state index contributed by atoms with van der Waals surface area (Å²) in [4.78, 5) is 27.8. The van der Waals surface area contributed by atoms with Gasteiger partial charge in [-0.15, -0.1) is 0 Å². The summed E-state index contributed by atoms with van der Waals surface area (Å²) in [6.07, 6.45) is 6.24. The van der Waals surface area contributed by atoms with E-state index in [1.54, 1.807) is 32.4 Å². The molecule has 1 aromatic carbocycles. The van der Waals surface area contributed by atoms with Gasteiger partial charge in [0.2, 0.25) is 0 Å². The van der Waals surface area contributed by atoms with E-state index < -0.39 is 11.7 Å². The first-order valence-corrected chi connectivity index (χ1v) is 12.2. The van der Waals surface area contributed by atoms with Gasteiger partial charge in [0, 0.05) is 41.5 Å². The smallest absolute Gasteiger partial charge is 0.149 e. The number of ether oxygens (including phenoxy) is 1. The third kappa shape index (κ3) is 5.27. The lowest BCUT2D eigenvalue weighted by atomic mass is 9.83. The zero-order valence-corrected chi connectivity index (χ0v) is 21.1. The number of likely N-dealkylation sites (tertiary alicyclic amines) is 1. The largest absolute Gasteiger partial charge is 0.489 e. The van der Waals surface area contributed by atoms with Gasteiger partial charge < -0.3 is 10.1 Å². The van der Waals surface area contributed by atoms with Crippen molar-refractivity contribution in [1.82, 2.24) is 19.9 Å². The summed E-state index contributed by atoms with van der Waals surface area (Å²) >= 11 is 0. The highest BCUT2D eigenvalue weighted by molar-refractivity contribution is 5.94. The quantitative estimate of drug-likeness (QED) is 0.488. The van der Waals surface area contributed by atoms with E-state index in [4.69, 9.17) is 4.74 Å². The first-order valence-electron chi connectivity index (χ1n) is 12.2. The summed E-state index contributed by atoms with van der Waals surface area (Å²) in [5.41, 5.74) is 2.69. The van der Waals surface area contributed by atoms with Crippen LogP contribution in [-0.4, -0.2) is 63.6 Å². The zero-order chi connectivity index (χ0) is 25.2. The second kappa shape index (κ2) is 10.2. The molecule has 3 aromatic rings. The van der Waals surface area contributed by atoms with Gasteiger partial charge in [0.1, 0.15) is 30.1 Å². The molecule has 0 amide bonds. The molecule has 1 N–H and O–H groups in total. The second-order valence-corrected chi connectivity index (χ2v) is 9.65. The summed E-state index contributed by atoms with van der Waals surface area (Å²) in [7, 11) is 2.00. The van der Waals surface area contributed by atoms with Crippen LogP contribution < -0.4 is 10.1 Å². The molecule has 2 aromatic heterocycles. The van der Waals surface area contributed by atoms with E-state index in [9.17, 15) is 9.18 Å². The predicted octanol–water partition coefficient (Wildman–Crippen LogP) is 4.98. The van der Waals surface area contributed by atoms with Crippen LogP contribution >= 0.6 is 0 Å². The number of aromatic nitrogens is 3. The third-order valence-electron chi connectivity index (χ3n) is 7.19. The number of anilines is 1. The molecular formula is C27H34FN5O2. The highest BCUT2D eigenvalue weighted by Gasteiger charge is 2.40. The van der Waals surface area contributed by atoms with E-state index in [-0.39, 0.29) is 18.4 Å². The van der Waals surface area contributed by atoms with Crippen LogP contribution in [0.3, 0.4) is 0 Å². The van der Waals surface area contributed by atoms with Gasteiger partial charge in [0.05, 0.1) is 22.9 Å². The third-order valence-corrected chi connectivity index (χ3v) is 7.19. The van der Waals surface area contributed by atoms with Crippen LogP contribution in [0.15, 0.2) is 36.8 Å². The number of ketones is 1. The standard InChI is InChI=1S/C27H34FN5O2/c1-6-20(28)16-35-26-23(19-13-29-18(3)30-14-19)7-8-25-24(26)11-22(15-31-25)32-21-9-10-33(5)27(4,12-21)17(2)34/h7-8,11,13-15,20-21,32H,6,9-10,12,16H2,1-5H3. The van der Waals surface area contributed by atoms with Crippen molar-refractivity contribution in [2.75, 3.05) is 25.5 Å². The van der Waals surface area contributed by atoms with E-state index in [0.29, 0.717) is 24.4 Å². The van der Waals surface area contributed by atoms with Crippen molar-refractivity contribution in [2.45, 2.75) is 64.7 Å². The Hall–Kier alpha value is -3.13. The number of likely N-dealkylation sites (N-methyl/N-ethyl adjacent to an activating group) is 1. The molecule has 1 saturated heterocycles. The number of carbonyl (C=O) groups is 1. The summed E-state index contributed by atoms with van der Waals surface area (Å²) in [6.45, 7) is 8.08. The Bertz CT molecular complexity index is 1200. The maximum atomic E-state index is 14.2. The molecule has 35 heavy (non-hydrogen) atoms. The van der Waals surface area contributed by atoms with Crippen molar-refractivity contribution in [2.24, 2.45) is 0 Å². The van der Waals surface area contributed by atoms with Crippen molar-refractivity contribution in [3.8, 4) is 16.9 Å². The fourth-order valence-electron chi connectivity index (χ4n) is 4.56. The van der Waals surface area contributed by atoms with Gasteiger partial charge in [-0.05, 0) is 65.3 Å². The molecule has 1 fully saturated rings. The molecule has 3 unspecified atom stereocenters. The Morgan fingerprint density at radius 2 is 2.03 bits per heavy atom. The number of fused-ring (bicyclic) bond motifs is 1. The number of nitrogens with one attached hydrogen (secondary N) is 1. The maximum absolute atomic E-state index is 14.2. The number of hydrogen-bond donors (Lipinski definition) is 1. The van der Waals surface area contributed by atoms with E-state index in [2.05, 4.69) is 25.2 Å². The zero-order valence-electron chi connectivity index (χ0n) is 21.1. The summed E-state index contributed by atoms with van der Waals surface area (Å²) in [6, 6.07) is 5.97. The van der Waals surface area contributed by atoms with Crippen LogP contribution in [0.4, 0.5) is 10.1 Å². The van der Waals surface area contributed by atoms with E-state index >= 15 is 0 Å². The molecule has 1 aliphatic heterocycles. The van der Waals surface area contributed by atoms with Gasteiger partial charge in [-0.2, -0.15) is 0 Å². The van der Waals surface area contributed by atoms with Gasteiger partial charge in [0.15, 0.2) is 0 Å². The summed E-state index contributed by atoms with van der Waals surface area (Å²) in [5.74, 6) is 1.41. The number of hydrogen-bond acceptors (Lipinski definition) is 7. The molecule has 0 spiro atoms. The molecule has 186 valence electrons. The van der Waals surface area contributed by atoms with Gasteiger partial charge in [-0.25, -0.2) is 14.4 Å². The number of pyridine rings is 1. The van der Waals surface area contributed by atoms with Crippen LogP contribution in [0.1, 0.15) is 45.9 Å². The lowest BCUT2D eigenvalue weighted by Gasteiger charge is -2.44. The van der Waals surface area contributed by atoms with E-state index in [1.165, 1.54) is 0 Å². The number of benzene rings is 1. The number of alkyl halides is 1. The van der Waals surface area contributed by atoms with Crippen LogP contribution in [-0.2, 0) is 4.79 Å². The highest BCUT2D eigenvalue weighted by atomic mass is 19.1. The lowest BCUT2D eigenvalue weighted by Crippen LogP contribution is -2.56. The molecule has 7 nitrogen and oxygen atoms in total. The number of rotatable bonds is 8. The molecule has 1 aliphatic rings. The van der Waals surface area contributed by atoms with Gasteiger partial charge in [-0.3, -0.25) is 14.7 Å². The van der Waals surface area contributed by atoms with Crippen molar-refractivity contribution in [3.63, 3.8) is 0 Å². The minimum absolute atomic E-state index is 0.0427. The Morgan fingerprint density at radius 3 is 2.71 bits per heavy atom. The minimum Gasteiger partial charge on any atom is -0.489 e. The molecular weight excluding hydrogens is 445 g/mol. The molecule has 3 heterocycles. The van der Waals surface area contributed by atoms with E-state index in [1.807, 2.05) is 39.1 Å². The van der Waals surface area contributed by atoms with Crippen LogP contribution in [0.2, 0.25) is 0 Å². The number of halogens is 1. The SMILES string of the molecule is CCC(F)COc1c(-c2cnc(C)nc2)ccc2ncc(NC3CCN(C)C(C)(C(C)=O)C3)cc12. The van der Waals surface area contributed by atoms with Crippen LogP contribution in [0, 0.1) is 6.92 Å². The van der Waals surface area contributed by atoms with Crippen molar-refractivity contribution < 1.29 is 13.9 Å². The van der Waals surface area contributed by atoms with Gasteiger partial charge in [0.25, 0.3) is 0 Å². The second-order valence-electron chi connectivity index (χ2n) is 9.65. The highest BCUT2D eigenvalue weighted by Crippen LogP contribution is 2.38. The van der Waals surface area contributed by atoms with E-state index in [0.717, 1.165) is 40.7 Å². The first-order chi connectivity index (χ1) is 16.7. The number of aryl methyl sites for hydroxylation is 1. The fourth-order valence-corrected chi connectivity index (χ4v) is 4.56.